The molecule has 0 amide bonds. The van der Waals surface area contributed by atoms with Gasteiger partial charge in [-0.3, -0.25) is 4.90 Å². The fourth-order valence-corrected chi connectivity index (χ4v) is 8.73. The van der Waals surface area contributed by atoms with E-state index in [1.807, 2.05) is 12.3 Å². The maximum absolute atomic E-state index is 4.84. The van der Waals surface area contributed by atoms with E-state index in [9.17, 15) is 0 Å². The van der Waals surface area contributed by atoms with Gasteiger partial charge in [-0.25, -0.2) is 9.97 Å². The van der Waals surface area contributed by atoms with Gasteiger partial charge in [0.15, 0.2) is 0 Å². The molecule has 0 saturated heterocycles. The van der Waals surface area contributed by atoms with E-state index in [0.717, 1.165) is 22.8 Å². The standard InChI is InChI=1S/C50H44BN3/c1-33-27-35(3)49(36(4)28-33)51(50-37(5)29-34(2)30-38(50)6)46-23-24-47(45-22-13-12-21-44(45)46)54(48-25-26-52-32-53-48)41-18-14-17-40(31-41)43-20-11-10-19-42(43)39-15-8-7-9-16-39/h7-32H,1-6H3. The van der Waals surface area contributed by atoms with Crippen LogP contribution in [0.15, 0.2) is 158 Å². The Labute approximate surface area is 320 Å². The van der Waals surface area contributed by atoms with Crippen LogP contribution in [0.25, 0.3) is 33.0 Å². The molecule has 8 rings (SSSR count). The van der Waals surface area contributed by atoms with Crippen molar-refractivity contribution in [3.63, 3.8) is 0 Å². The van der Waals surface area contributed by atoms with E-state index < -0.39 is 0 Å². The second-order valence-electron chi connectivity index (χ2n) is 14.6. The molecule has 7 aromatic carbocycles. The highest BCUT2D eigenvalue weighted by Crippen LogP contribution is 2.40. The van der Waals surface area contributed by atoms with Crippen molar-refractivity contribution in [3.8, 4) is 22.3 Å². The highest BCUT2D eigenvalue weighted by molar-refractivity contribution is 6.98. The third-order valence-corrected chi connectivity index (χ3v) is 10.8. The van der Waals surface area contributed by atoms with Crippen LogP contribution in [0, 0.1) is 41.5 Å². The van der Waals surface area contributed by atoms with Gasteiger partial charge in [-0.05, 0) is 93.4 Å². The van der Waals surface area contributed by atoms with Gasteiger partial charge < -0.3 is 0 Å². The first-order chi connectivity index (χ1) is 26.3. The topological polar surface area (TPSA) is 29.0 Å². The van der Waals surface area contributed by atoms with Gasteiger partial charge in [0.05, 0.1) is 5.69 Å². The molecule has 0 bridgehead atoms. The van der Waals surface area contributed by atoms with Gasteiger partial charge in [-0.1, -0.05) is 171 Å². The van der Waals surface area contributed by atoms with E-state index in [4.69, 9.17) is 4.98 Å². The zero-order valence-corrected chi connectivity index (χ0v) is 31.9. The number of benzene rings is 7. The molecule has 0 aliphatic carbocycles. The molecule has 4 heteroatoms. The lowest BCUT2D eigenvalue weighted by Crippen LogP contribution is -2.56. The Hall–Kier alpha value is -6.26. The molecule has 0 atom stereocenters. The van der Waals surface area contributed by atoms with Crippen LogP contribution in [-0.4, -0.2) is 16.7 Å². The predicted molar refractivity (Wildman–Crippen MR) is 231 cm³/mol. The lowest BCUT2D eigenvalue weighted by atomic mass is 9.33. The summed E-state index contributed by atoms with van der Waals surface area (Å²) in [5, 5.41) is 2.39. The Morgan fingerprint density at radius 1 is 0.481 bits per heavy atom. The SMILES string of the molecule is Cc1cc(C)c(B(c2c(C)cc(C)cc2C)c2ccc(N(c3cccc(-c4ccccc4-c4ccccc4)c3)c3ccncn3)c3ccccc23)c(C)c1. The zero-order chi connectivity index (χ0) is 37.3. The molecule has 0 N–H and O–H groups in total. The van der Waals surface area contributed by atoms with Crippen molar-refractivity contribution >= 4 is 51.1 Å². The molecule has 0 spiro atoms. The van der Waals surface area contributed by atoms with E-state index >= 15 is 0 Å². The van der Waals surface area contributed by atoms with E-state index in [2.05, 4.69) is 191 Å². The van der Waals surface area contributed by atoms with E-state index in [-0.39, 0.29) is 6.71 Å². The number of nitrogens with zero attached hydrogens (tertiary/aromatic N) is 3. The molecule has 0 aliphatic heterocycles. The van der Waals surface area contributed by atoms with Gasteiger partial charge in [0.2, 0.25) is 6.71 Å². The van der Waals surface area contributed by atoms with Gasteiger partial charge in [0.1, 0.15) is 12.1 Å². The van der Waals surface area contributed by atoms with Crippen LogP contribution >= 0.6 is 0 Å². The van der Waals surface area contributed by atoms with E-state index in [1.165, 1.54) is 77.2 Å². The summed E-state index contributed by atoms with van der Waals surface area (Å²) in [6.45, 7) is 13.5. The summed E-state index contributed by atoms with van der Waals surface area (Å²) in [7, 11) is 0. The smallest absolute Gasteiger partial charge is 0.243 e. The number of hydrogen-bond acceptors (Lipinski definition) is 3. The maximum Gasteiger partial charge on any atom is 0.243 e. The quantitative estimate of drug-likeness (QED) is 0.148. The number of aryl methyl sites for hydroxylation is 6. The zero-order valence-electron chi connectivity index (χ0n) is 31.9. The third kappa shape index (κ3) is 6.50. The fourth-order valence-electron chi connectivity index (χ4n) is 8.73. The molecule has 1 heterocycles. The van der Waals surface area contributed by atoms with Gasteiger partial charge in [0, 0.05) is 17.3 Å². The van der Waals surface area contributed by atoms with Gasteiger partial charge in [-0.15, -0.1) is 0 Å². The summed E-state index contributed by atoms with van der Waals surface area (Å²) >= 11 is 0. The summed E-state index contributed by atoms with van der Waals surface area (Å²) in [6, 6.07) is 53.0. The first-order valence-electron chi connectivity index (χ1n) is 18.8. The van der Waals surface area contributed by atoms with Crippen molar-refractivity contribution < 1.29 is 0 Å². The summed E-state index contributed by atoms with van der Waals surface area (Å²) in [5.74, 6) is 0.809. The average molecular weight is 698 g/mol. The van der Waals surface area contributed by atoms with Crippen molar-refractivity contribution in [2.75, 3.05) is 4.90 Å². The number of aromatic nitrogens is 2. The molecule has 54 heavy (non-hydrogen) atoms. The minimum atomic E-state index is 0.0514. The van der Waals surface area contributed by atoms with Crippen molar-refractivity contribution in [1.82, 2.24) is 9.97 Å². The van der Waals surface area contributed by atoms with Gasteiger partial charge in [0.25, 0.3) is 0 Å². The van der Waals surface area contributed by atoms with Crippen LogP contribution in [0.5, 0.6) is 0 Å². The molecule has 0 radical (unpaired) electrons. The van der Waals surface area contributed by atoms with Crippen LogP contribution < -0.4 is 21.3 Å². The van der Waals surface area contributed by atoms with Crippen molar-refractivity contribution in [2.24, 2.45) is 0 Å². The number of rotatable bonds is 8. The fraction of sp³-hybridized carbons (Fsp3) is 0.120. The Balaban J connectivity index is 1.36. The largest absolute Gasteiger partial charge is 0.294 e. The molecule has 3 nitrogen and oxygen atoms in total. The molecule has 0 unspecified atom stereocenters. The van der Waals surface area contributed by atoms with Crippen LogP contribution in [0.4, 0.5) is 17.2 Å². The first kappa shape index (κ1) is 34.8. The molecule has 262 valence electrons. The van der Waals surface area contributed by atoms with Gasteiger partial charge in [-0.2, -0.15) is 0 Å². The Kier molecular flexibility index (Phi) is 9.44. The Morgan fingerprint density at radius 2 is 1.04 bits per heavy atom. The van der Waals surface area contributed by atoms with E-state index in [0.29, 0.717) is 0 Å². The van der Waals surface area contributed by atoms with Crippen molar-refractivity contribution in [3.05, 3.63) is 191 Å². The molecular formula is C50H44BN3. The van der Waals surface area contributed by atoms with Crippen LogP contribution in [0.3, 0.4) is 0 Å². The maximum atomic E-state index is 4.84. The Bertz CT molecular complexity index is 2530. The summed E-state index contributed by atoms with van der Waals surface area (Å²) < 4.78 is 0. The van der Waals surface area contributed by atoms with Crippen LogP contribution in [0.2, 0.25) is 0 Å². The summed E-state index contributed by atoms with van der Waals surface area (Å²) in [5.41, 5.74) is 18.7. The Morgan fingerprint density at radius 3 is 1.65 bits per heavy atom. The van der Waals surface area contributed by atoms with Crippen LogP contribution in [-0.2, 0) is 0 Å². The molecule has 0 aliphatic rings. The summed E-state index contributed by atoms with van der Waals surface area (Å²) in [6.07, 6.45) is 3.46. The number of fused-ring (bicyclic) bond motifs is 1. The first-order valence-corrected chi connectivity index (χ1v) is 18.8. The van der Waals surface area contributed by atoms with Gasteiger partial charge >= 0.3 is 0 Å². The minimum Gasteiger partial charge on any atom is -0.294 e. The molecule has 0 fully saturated rings. The number of anilines is 3. The monoisotopic (exact) mass is 697 g/mol. The van der Waals surface area contributed by atoms with Crippen molar-refractivity contribution in [2.45, 2.75) is 41.5 Å². The average Bonchev–Trinajstić information content (AvgIpc) is 3.18. The predicted octanol–water partition coefficient (Wildman–Crippen LogP) is 10.8. The van der Waals surface area contributed by atoms with Crippen molar-refractivity contribution in [1.29, 1.82) is 0 Å². The molecule has 0 saturated carbocycles. The number of hydrogen-bond donors (Lipinski definition) is 0. The lowest BCUT2D eigenvalue weighted by molar-refractivity contribution is 1.11. The molecular weight excluding hydrogens is 653 g/mol. The second-order valence-corrected chi connectivity index (χ2v) is 14.6. The summed E-state index contributed by atoms with van der Waals surface area (Å²) in [4.78, 5) is 11.4. The second kappa shape index (κ2) is 14.6. The minimum absolute atomic E-state index is 0.0514. The molecule has 8 aromatic rings. The van der Waals surface area contributed by atoms with E-state index in [1.54, 1.807) is 6.33 Å². The lowest BCUT2D eigenvalue weighted by Gasteiger charge is -2.29. The third-order valence-electron chi connectivity index (χ3n) is 10.8. The van der Waals surface area contributed by atoms with Crippen LogP contribution in [0.1, 0.15) is 33.4 Å². The highest BCUT2D eigenvalue weighted by atomic mass is 15.2. The normalized spacial score (nSPS) is 11.1. The highest BCUT2D eigenvalue weighted by Gasteiger charge is 2.31. The molecule has 1 aromatic heterocycles.